The van der Waals surface area contributed by atoms with Crippen molar-refractivity contribution in [1.82, 2.24) is 5.32 Å². The lowest BCUT2D eigenvalue weighted by Crippen LogP contribution is -2.42. The van der Waals surface area contributed by atoms with Gasteiger partial charge in [0.1, 0.15) is 5.75 Å². The van der Waals surface area contributed by atoms with E-state index in [2.05, 4.69) is 5.32 Å². The lowest BCUT2D eigenvalue weighted by Gasteiger charge is -2.26. The highest BCUT2D eigenvalue weighted by Crippen LogP contribution is 2.15. The summed E-state index contributed by atoms with van der Waals surface area (Å²) < 4.78 is 11.2. The van der Waals surface area contributed by atoms with E-state index in [1.54, 1.807) is 12.1 Å². The molecular formula is C14H23NO3. The normalized spacial score (nSPS) is 12.9. The molecule has 0 amide bonds. The smallest absolute Gasteiger partial charge is 0.172 e. The Bertz CT molecular complexity index is 338. The Morgan fingerprint density at radius 2 is 1.89 bits per heavy atom. The molecule has 0 saturated heterocycles. The highest BCUT2D eigenvalue weighted by Gasteiger charge is 2.21. The van der Waals surface area contributed by atoms with Crippen molar-refractivity contribution in [2.45, 2.75) is 32.6 Å². The maximum atomic E-state index is 9.46. The van der Waals surface area contributed by atoms with Gasteiger partial charge in [0.2, 0.25) is 0 Å². The van der Waals surface area contributed by atoms with Crippen LogP contribution in [0.15, 0.2) is 24.3 Å². The summed E-state index contributed by atoms with van der Waals surface area (Å²) in [6.07, 6.45) is 0.475. The van der Waals surface area contributed by atoms with Gasteiger partial charge in [0.25, 0.3) is 0 Å². The summed E-state index contributed by atoms with van der Waals surface area (Å²) in [6, 6.07) is 7.32. The van der Waals surface area contributed by atoms with Crippen LogP contribution in [0.25, 0.3) is 0 Å². The number of rotatable bonds is 8. The van der Waals surface area contributed by atoms with Gasteiger partial charge in [-0.15, -0.1) is 0 Å². The van der Waals surface area contributed by atoms with Crippen molar-refractivity contribution in [3.05, 3.63) is 29.8 Å². The van der Waals surface area contributed by atoms with Crippen LogP contribution in [0.5, 0.6) is 5.75 Å². The summed E-state index contributed by atoms with van der Waals surface area (Å²) in [5.74, 6) is 0.284. The van der Waals surface area contributed by atoms with E-state index in [4.69, 9.17) is 9.47 Å². The molecule has 2 N–H and O–H groups in total. The summed E-state index contributed by atoms with van der Waals surface area (Å²) in [6.45, 7) is 5.13. The fourth-order valence-corrected chi connectivity index (χ4v) is 1.88. The number of phenols is 1. The predicted molar refractivity (Wildman–Crippen MR) is 71.7 cm³/mol. The van der Waals surface area contributed by atoms with Crippen LogP contribution in [0, 0.1) is 0 Å². The number of phenolic OH excluding ortho intramolecular Hbond substituents is 1. The second-order valence-electron chi connectivity index (χ2n) is 4.05. The first kappa shape index (κ1) is 15.0. The predicted octanol–water partition coefficient (Wildman–Crippen LogP) is 1.92. The van der Waals surface area contributed by atoms with Gasteiger partial charge in [-0.2, -0.15) is 0 Å². The first-order valence-electron chi connectivity index (χ1n) is 6.39. The van der Waals surface area contributed by atoms with Crippen LogP contribution in [0.3, 0.4) is 0 Å². The molecule has 18 heavy (non-hydrogen) atoms. The van der Waals surface area contributed by atoms with E-state index in [0.717, 1.165) is 12.0 Å². The van der Waals surface area contributed by atoms with Gasteiger partial charge in [-0.25, -0.2) is 0 Å². The van der Waals surface area contributed by atoms with Gasteiger partial charge in [0.15, 0.2) is 6.29 Å². The highest BCUT2D eigenvalue weighted by atomic mass is 16.7. The van der Waals surface area contributed by atoms with Crippen LogP contribution in [0.4, 0.5) is 0 Å². The number of benzene rings is 1. The van der Waals surface area contributed by atoms with Crippen LogP contribution < -0.4 is 5.32 Å². The van der Waals surface area contributed by atoms with E-state index in [1.807, 2.05) is 33.0 Å². The first-order valence-corrected chi connectivity index (χ1v) is 6.39. The minimum absolute atomic E-state index is 0.0618. The van der Waals surface area contributed by atoms with Crippen molar-refractivity contribution >= 4 is 0 Å². The molecule has 102 valence electrons. The molecule has 1 aromatic rings. The zero-order chi connectivity index (χ0) is 13.4. The molecule has 0 aliphatic carbocycles. The van der Waals surface area contributed by atoms with Gasteiger partial charge in [0.05, 0.1) is 6.04 Å². The van der Waals surface area contributed by atoms with Crippen LogP contribution in [-0.4, -0.2) is 37.7 Å². The molecule has 1 atom stereocenters. The van der Waals surface area contributed by atoms with Crippen molar-refractivity contribution in [3.63, 3.8) is 0 Å². The lowest BCUT2D eigenvalue weighted by atomic mass is 10.1. The van der Waals surface area contributed by atoms with Gasteiger partial charge >= 0.3 is 0 Å². The first-order chi connectivity index (χ1) is 8.71. The van der Waals surface area contributed by atoms with E-state index < -0.39 is 0 Å². The molecular weight excluding hydrogens is 230 g/mol. The third kappa shape index (κ3) is 4.64. The number of hydrogen-bond acceptors (Lipinski definition) is 4. The lowest BCUT2D eigenvalue weighted by molar-refractivity contribution is -0.152. The number of likely N-dealkylation sites (N-methyl/N-ethyl adjacent to an activating group) is 1. The SMILES string of the molecule is CCOC(OCC)C(Cc1cccc(O)c1)NC. The largest absolute Gasteiger partial charge is 0.508 e. The molecule has 0 saturated carbocycles. The Balaban J connectivity index is 2.69. The summed E-state index contributed by atoms with van der Waals surface area (Å²) in [5, 5.41) is 12.7. The maximum Gasteiger partial charge on any atom is 0.172 e. The number of nitrogens with one attached hydrogen (secondary N) is 1. The third-order valence-corrected chi connectivity index (χ3v) is 2.73. The molecule has 0 bridgehead atoms. The minimum Gasteiger partial charge on any atom is -0.508 e. The molecule has 4 nitrogen and oxygen atoms in total. The van der Waals surface area contributed by atoms with Gasteiger partial charge in [-0.05, 0) is 45.0 Å². The van der Waals surface area contributed by atoms with E-state index in [9.17, 15) is 5.11 Å². The molecule has 1 unspecified atom stereocenters. The molecule has 1 rings (SSSR count). The van der Waals surface area contributed by atoms with Crippen LogP contribution in [0.1, 0.15) is 19.4 Å². The Morgan fingerprint density at radius 1 is 1.22 bits per heavy atom. The average molecular weight is 253 g/mol. The van der Waals surface area contributed by atoms with Gasteiger partial charge < -0.3 is 19.9 Å². The summed E-state index contributed by atoms with van der Waals surface area (Å²) in [5.41, 5.74) is 1.05. The fraction of sp³-hybridized carbons (Fsp3) is 0.571. The zero-order valence-electron chi connectivity index (χ0n) is 11.3. The molecule has 0 spiro atoms. The van der Waals surface area contributed by atoms with Crippen molar-refractivity contribution < 1.29 is 14.6 Å². The summed E-state index contributed by atoms with van der Waals surface area (Å²) in [4.78, 5) is 0. The molecule has 0 heterocycles. The zero-order valence-corrected chi connectivity index (χ0v) is 11.3. The molecule has 0 aliphatic heterocycles. The highest BCUT2D eigenvalue weighted by molar-refractivity contribution is 5.27. The molecule has 4 heteroatoms. The standard InChI is InChI=1S/C14H23NO3/c1-4-17-14(18-5-2)13(15-3)10-11-7-6-8-12(16)9-11/h6-9,13-16H,4-5,10H2,1-3H3. The van der Waals surface area contributed by atoms with Gasteiger partial charge in [-0.1, -0.05) is 12.1 Å². The molecule has 0 aliphatic rings. The topological polar surface area (TPSA) is 50.7 Å². The van der Waals surface area contributed by atoms with Crippen molar-refractivity contribution in [2.75, 3.05) is 20.3 Å². The minimum atomic E-state index is -0.271. The summed E-state index contributed by atoms with van der Waals surface area (Å²) in [7, 11) is 1.89. The van der Waals surface area contributed by atoms with E-state index >= 15 is 0 Å². The van der Waals surface area contributed by atoms with Crippen molar-refractivity contribution in [2.24, 2.45) is 0 Å². The Labute approximate surface area is 109 Å². The second kappa shape index (κ2) is 8.08. The molecule has 0 radical (unpaired) electrons. The number of ether oxygens (including phenoxy) is 2. The van der Waals surface area contributed by atoms with E-state index in [0.29, 0.717) is 13.2 Å². The van der Waals surface area contributed by atoms with Crippen molar-refractivity contribution in [1.29, 1.82) is 0 Å². The number of hydrogen-bond donors (Lipinski definition) is 2. The number of aromatic hydroxyl groups is 1. The van der Waals surface area contributed by atoms with E-state index in [-0.39, 0.29) is 18.1 Å². The Morgan fingerprint density at radius 3 is 2.39 bits per heavy atom. The third-order valence-electron chi connectivity index (χ3n) is 2.73. The molecule has 1 aromatic carbocycles. The summed E-state index contributed by atoms with van der Waals surface area (Å²) >= 11 is 0. The quantitative estimate of drug-likeness (QED) is 0.695. The Kier molecular flexibility index (Phi) is 6.72. The Hall–Kier alpha value is -1.10. The average Bonchev–Trinajstić information content (AvgIpc) is 2.36. The molecule has 0 fully saturated rings. The van der Waals surface area contributed by atoms with Gasteiger partial charge in [0, 0.05) is 13.2 Å². The van der Waals surface area contributed by atoms with E-state index in [1.165, 1.54) is 0 Å². The van der Waals surface area contributed by atoms with Gasteiger partial charge in [-0.3, -0.25) is 0 Å². The maximum absolute atomic E-state index is 9.46. The monoisotopic (exact) mass is 253 g/mol. The van der Waals surface area contributed by atoms with Crippen LogP contribution >= 0.6 is 0 Å². The van der Waals surface area contributed by atoms with Crippen LogP contribution in [-0.2, 0) is 15.9 Å². The molecule has 0 aromatic heterocycles. The van der Waals surface area contributed by atoms with Crippen LogP contribution in [0.2, 0.25) is 0 Å². The van der Waals surface area contributed by atoms with Crippen molar-refractivity contribution in [3.8, 4) is 5.75 Å². The second-order valence-corrected chi connectivity index (χ2v) is 4.05. The fourth-order valence-electron chi connectivity index (χ4n) is 1.88.